The number of benzene rings is 2. The maximum Gasteiger partial charge on any atom is 0.290 e. The zero-order valence-electron chi connectivity index (χ0n) is 11.7. The van der Waals surface area contributed by atoms with Gasteiger partial charge in [-0.3, -0.25) is 0 Å². The summed E-state index contributed by atoms with van der Waals surface area (Å²) in [5.41, 5.74) is 0. The summed E-state index contributed by atoms with van der Waals surface area (Å²) in [4.78, 5) is 0. The van der Waals surface area contributed by atoms with E-state index in [4.69, 9.17) is 9.05 Å². The minimum Gasteiger partial charge on any atom is -0.439 e. The Kier molecular flexibility index (Phi) is 7.43. The predicted molar refractivity (Wildman–Crippen MR) is 88.0 cm³/mol. The summed E-state index contributed by atoms with van der Waals surface area (Å²) in [5, 5.41) is 0. The van der Waals surface area contributed by atoms with Gasteiger partial charge in [0.1, 0.15) is 11.5 Å². The van der Waals surface area contributed by atoms with E-state index in [0.29, 0.717) is 5.92 Å². The van der Waals surface area contributed by atoms with E-state index < -0.39 is 8.38 Å². The molecule has 2 rings (SSSR count). The van der Waals surface area contributed by atoms with Gasteiger partial charge in [0.2, 0.25) is 0 Å². The second-order valence-electron chi connectivity index (χ2n) is 4.72. The SMILES string of the molecule is CC(C)CP(Oc1ccccc1)Oc1ccccc1.Cl. The number of hydrogen-bond donors (Lipinski definition) is 0. The summed E-state index contributed by atoms with van der Waals surface area (Å²) >= 11 is 0. The van der Waals surface area contributed by atoms with Crippen LogP contribution in [-0.4, -0.2) is 6.16 Å². The first-order valence-corrected chi connectivity index (χ1v) is 7.84. The lowest BCUT2D eigenvalue weighted by molar-refractivity contribution is 0.479. The van der Waals surface area contributed by atoms with Crippen molar-refractivity contribution in [2.45, 2.75) is 13.8 Å². The first-order chi connectivity index (χ1) is 9.24. The number of para-hydroxylation sites is 2. The molecular weight excluding hydrogens is 291 g/mol. The Morgan fingerprint density at radius 1 is 0.800 bits per heavy atom. The molecule has 0 radical (unpaired) electrons. The minimum absolute atomic E-state index is 0. The van der Waals surface area contributed by atoms with Gasteiger partial charge in [-0.25, -0.2) is 0 Å². The molecular formula is C16H20ClO2P. The van der Waals surface area contributed by atoms with Crippen LogP contribution in [0.25, 0.3) is 0 Å². The maximum absolute atomic E-state index is 5.97. The van der Waals surface area contributed by atoms with Crippen molar-refractivity contribution in [1.29, 1.82) is 0 Å². The van der Waals surface area contributed by atoms with Gasteiger partial charge in [-0.15, -0.1) is 12.4 Å². The molecule has 0 aliphatic heterocycles. The number of hydrogen-bond acceptors (Lipinski definition) is 2. The highest BCUT2D eigenvalue weighted by atomic mass is 35.5. The van der Waals surface area contributed by atoms with Crippen molar-refractivity contribution < 1.29 is 9.05 Å². The molecule has 0 aliphatic carbocycles. The van der Waals surface area contributed by atoms with Crippen LogP contribution in [0.15, 0.2) is 60.7 Å². The van der Waals surface area contributed by atoms with Crippen LogP contribution in [0.4, 0.5) is 0 Å². The van der Waals surface area contributed by atoms with Crippen LogP contribution in [-0.2, 0) is 0 Å². The van der Waals surface area contributed by atoms with Crippen molar-refractivity contribution >= 4 is 20.8 Å². The Balaban J connectivity index is 0.00000200. The third-order valence-corrected chi connectivity index (χ3v) is 4.27. The van der Waals surface area contributed by atoms with Crippen LogP contribution in [0.1, 0.15) is 13.8 Å². The lowest BCUT2D eigenvalue weighted by Gasteiger charge is -2.20. The summed E-state index contributed by atoms with van der Waals surface area (Å²) < 4.78 is 11.9. The molecule has 0 aromatic heterocycles. The summed E-state index contributed by atoms with van der Waals surface area (Å²) in [5.74, 6) is 2.27. The van der Waals surface area contributed by atoms with Gasteiger partial charge >= 0.3 is 0 Å². The van der Waals surface area contributed by atoms with Crippen LogP contribution in [0.2, 0.25) is 0 Å². The molecule has 2 nitrogen and oxygen atoms in total. The van der Waals surface area contributed by atoms with Gasteiger partial charge < -0.3 is 9.05 Å². The molecule has 0 N–H and O–H groups in total. The number of halogens is 1. The maximum atomic E-state index is 5.97. The third-order valence-electron chi connectivity index (χ3n) is 2.42. The molecule has 20 heavy (non-hydrogen) atoms. The Hall–Kier alpha value is -1.24. The quantitative estimate of drug-likeness (QED) is 0.653. The van der Waals surface area contributed by atoms with Gasteiger partial charge in [0.05, 0.1) is 0 Å². The van der Waals surface area contributed by atoms with E-state index >= 15 is 0 Å². The molecule has 0 heterocycles. The topological polar surface area (TPSA) is 18.5 Å². The smallest absolute Gasteiger partial charge is 0.290 e. The van der Waals surface area contributed by atoms with Gasteiger partial charge in [-0.05, 0) is 30.2 Å². The molecule has 0 amide bonds. The highest BCUT2D eigenvalue weighted by molar-refractivity contribution is 7.48. The molecule has 108 valence electrons. The van der Waals surface area contributed by atoms with Crippen LogP contribution in [0.5, 0.6) is 11.5 Å². The molecule has 0 spiro atoms. The lowest BCUT2D eigenvalue weighted by atomic mass is 10.3. The van der Waals surface area contributed by atoms with Crippen molar-refractivity contribution in [2.75, 3.05) is 6.16 Å². The van der Waals surface area contributed by atoms with Crippen LogP contribution in [0, 0.1) is 5.92 Å². The average molecular weight is 311 g/mol. The summed E-state index contributed by atoms with van der Waals surface area (Å²) in [7, 11) is -0.953. The van der Waals surface area contributed by atoms with Gasteiger partial charge in [0.25, 0.3) is 8.38 Å². The molecule has 2 aromatic carbocycles. The summed E-state index contributed by atoms with van der Waals surface area (Å²) in [6, 6.07) is 19.7. The monoisotopic (exact) mass is 310 g/mol. The standard InChI is InChI=1S/C16H19O2P.ClH/c1-14(2)13-19(17-15-9-5-3-6-10-15)18-16-11-7-4-8-12-16;/h3-12,14H,13H2,1-2H3;1H. The van der Waals surface area contributed by atoms with E-state index in [2.05, 4.69) is 13.8 Å². The molecule has 0 fully saturated rings. The summed E-state index contributed by atoms with van der Waals surface area (Å²) in [6.07, 6.45) is 0.916. The van der Waals surface area contributed by atoms with Gasteiger partial charge in [0, 0.05) is 6.16 Å². The zero-order chi connectivity index (χ0) is 13.5. The predicted octanol–water partition coefficient (Wildman–Crippen LogP) is 5.53. The minimum atomic E-state index is -0.953. The molecule has 0 atom stereocenters. The molecule has 0 bridgehead atoms. The van der Waals surface area contributed by atoms with E-state index in [-0.39, 0.29) is 12.4 Å². The molecule has 0 unspecified atom stereocenters. The fourth-order valence-electron chi connectivity index (χ4n) is 1.59. The fourth-order valence-corrected chi connectivity index (χ4v) is 3.09. The lowest BCUT2D eigenvalue weighted by Crippen LogP contribution is -2.04. The number of rotatable bonds is 6. The Morgan fingerprint density at radius 2 is 1.20 bits per heavy atom. The van der Waals surface area contributed by atoms with E-state index in [1.807, 2.05) is 60.7 Å². The Labute approximate surface area is 128 Å². The molecule has 0 saturated carbocycles. The Bertz CT molecular complexity index is 435. The average Bonchev–Trinajstić information content (AvgIpc) is 2.40. The molecule has 4 heteroatoms. The first kappa shape index (κ1) is 16.8. The van der Waals surface area contributed by atoms with Crippen LogP contribution < -0.4 is 9.05 Å². The highest BCUT2D eigenvalue weighted by Crippen LogP contribution is 2.41. The second-order valence-corrected chi connectivity index (χ2v) is 6.11. The molecule has 0 saturated heterocycles. The normalized spacial score (nSPS) is 10.2. The van der Waals surface area contributed by atoms with E-state index in [1.54, 1.807) is 0 Å². The first-order valence-electron chi connectivity index (χ1n) is 6.47. The molecule has 0 aliphatic rings. The van der Waals surface area contributed by atoms with Crippen molar-refractivity contribution in [3.63, 3.8) is 0 Å². The van der Waals surface area contributed by atoms with E-state index in [1.165, 1.54) is 0 Å². The molecule has 2 aromatic rings. The van der Waals surface area contributed by atoms with Crippen molar-refractivity contribution in [1.82, 2.24) is 0 Å². The fraction of sp³-hybridized carbons (Fsp3) is 0.250. The van der Waals surface area contributed by atoms with Crippen LogP contribution >= 0.6 is 20.8 Å². The second kappa shape index (κ2) is 8.84. The van der Waals surface area contributed by atoms with Crippen molar-refractivity contribution in [2.24, 2.45) is 5.92 Å². The van der Waals surface area contributed by atoms with Crippen molar-refractivity contribution in [3.05, 3.63) is 60.7 Å². The van der Waals surface area contributed by atoms with Gasteiger partial charge in [0.15, 0.2) is 0 Å². The third kappa shape index (κ3) is 5.81. The van der Waals surface area contributed by atoms with Gasteiger partial charge in [-0.2, -0.15) is 0 Å². The van der Waals surface area contributed by atoms with E-state index in [0.717, 1.165) is 17.7 Å². The van der Waals surface area contributed by atoms with Crippen molar-refractivity contribution in [3.8, 4) is 11.5 Å². The van der Waals surface area contributed by atoms with Crippen LogP contribution in [0.3, 0.4) is 0 Å². The largest absolute Gasteiger partial charge is 0.439 e. The summed E-state index contributed by atoms with van der Waals surface area (Å²) in [6.45, 7) is 4.36. The Morgan fingerprint density at radius 3 is 1.55 bits per heavy atom. The van der Waals surface area contributed by atoms with E-state index in [9.17, 15) is 0 Å². The highest BCUT2D eigenvalue weighted by Gasteiger charge is 2.16. The zero-order valence-corrected chi connectivity index (χ0v) is 13.4. The van der Waals surface area contributed by atoms with Gasteiger partial charge in [-0.1, -0.05) is 50.2 Å².